The summed E-state index contributed by atoms with van der Waals surface area (Å²) in [5, 5.41) is 8.50. The molecule has 1 amide bonds. The van der Waals surface area contributed by atoms with Crippen LogP contribution in [0.2, 0.25) is 5.02 Å². The van der Waals surface area contributed by atoms with Crippen LogP contribution in [0, 0.1) is 0 Å². The molecule has 0 bridgehead atoms. The van der Waals surface area contributed by atoms with Gasteiger partial charge in [0.15, 0.2) is 0 Å². The Morgan fingerprint density at radius 1 is 1.28 bits per heavy atom. The first-order valence-electron chi connectivity index (χ1n) is 5.52. The van der Waals surface area contributed by atoms with E-state index in [1.807, 2.05) is 23.6 Å². The Hall–Kier alpha value is -1.36. The maximum absolute atomic E-state index is 11.6. The van der Waals surface area contributed by atoms with Crippen LogP contribution in [0.3, 0.4) is 0 Å². The van der Waals surface area contributed by atoms with Crippen molar-refractivity contribution >= 4 is 34.5 Å². The van der Waals surface area contributed by atoms with Crippen LogP contribution in [0.4, 0.5) is 5.69 Å². The highest BCUT2D eigenvalue weighted by Crippen LogP contribution is 2.14. The molecular weight excluding hydrogens is 268 g/mol. The molecule has 2 N–H and O–H groups in total. The van der Waals surface area contributed by atoms with E-state index in [1.54, 1.807) is 29.5 Å². The lowest BCUT2D eigenvalue weighted by Gasteiger charge is -2.06. The summed E-state index contributed by atoms with van der Waals surface area (Å²) in [7, 11) is 0. The molecule has 1 aromatic heterocycles. The van der Waals surface area contributed by atoms with Gasteiger partial charge < -0.3 is 10.6 Å². The van der Waals surface area contributed by atoms with Crippen LogP contribution < -0.4 is 10.6 Å². The number of hydrogen-bond donors (Lipinski definition) is 2. The van der Waals surface area contributed by atoms with Crippen LogP contribution >= 0.6 is 22.9 Å². The smallest absolute Gasteiger partial charge is 0.238 e. The minimum absolute atomic E-state index is 0.0752. The number of thiophene rings is 1. The zero-order chi connectivity index (χ0) is 12.8. The van der Waals surface area contributed by atoms with Crippen LogP contribution in [0.5, 0.6) is 0 Å². The van der Waals surface area contributed by atoms with Gasteiger partial charge in [0.05, 0.1) is 6.54 Å². The molecule has 1 aromatic carbocycles. The summed E-state index contributed by atoms with van der Waals surface area (Å²) in [4.78, 5) is 12.9. The van der Waals surface area contributed by atoms with Gasteiger partial charge in [-0.1, -0.05) is 23.7 Å². The number of rotatable bonds is 5. The van der Waals surface area contributed by atoms with Gasteiger partial charge in [0, 0.05) is 22.1 Å². The highest BCUT2D eigenvalue weighted by Gasteiger charge is 2.02. The highest BCUT2D eigenvalue weighted by molar-refractivity contribution is 7.09. The Morgan fingerprint density at radius 3 is 2.89 bits per heavy atom. The van der Waals surface area contributed by atoms with E-state index in [2.05, 4.69) is 10.6 Å². The number of anilines is 1. The van der Waals surface area contributed by atoms with Crippen LogP contribution in [0.15, 0.2) is 41.8 Å². The van der Waals surface area contributed by atoms with Crippen molar-refractivity contribution in [3.05, 3.63) is 51.7 Å². The van der Waals surface area contributed by atoms with Gasteiger partial charge in [-0.3, -0.25) is 4.79 Å². The molecule has 0 radical (unpaired) electrons. The molecule has 0 saturated carbocycles. The minimum atomic E-state index is -0.0752. The van der Waals surface area contributed by atoms with Crippen molar-refractivity contribution in [1.82, 2.24) is 5.32 Å². The predicted octanol–water partition coefficient (Wildman–Crippen LogP) is 3.13. The molecule has 0 aliphatic rings. The second kappa shape index (κ2) is 6.54. The average Bonchev–Trinajstić information content (AvgIpc) is 2.82. The lowest BCUT2D eigenvalue weighted by molar-refractivity contribution is -0.115. The molecule has 0 unspecified atom stereocenters. The van der Waals surface area contributed by atoms with E-state index < -0.39 is 0 Å². The number of nitrogens with one attached hydrogen (secondary N) is 2. The lowest BCUT2D eigenvalue weighted by Crippen LogP contribution is -2.27. The van der Waals surface area contributed by atoms with Gasteiger partial charge >= 0.3 is 0 Å². The van der Waals surface area contributed by atoms with E-state index in [9.17, 15) is 4.79 Å². The fourth-order valence-corrected chi connectivity index (χ4v) is 2.35. The quantitative estimate of drug-likeness (QED) is 0.883. The van der Waals surface area contributed by atoms with Crippen molar-refractivity contribution in [3.63, 3.8) is 0 Å². The fraction of sp³-hybridized carbons (Fsp3) is 0.154. The molecule has 0 aliphatic heterocycles. The van der Waals surface area contributed by atoms with Crippen LogP contribution in [-0.2, 0) is 11.3 Å². The first kappa shape index (κ1) is 13.1. The van der Waals surface area contributed by atoms with E-state index >= 15 is 0 Å². The summed E-state index contributed by atoms with van der Waals surface area (Å²) in [6, 6.07) is 11.1. The molecule has 2 aromatic rings. The summed E-state index contributed by atoms with van der Waals surface area (Å²) in [5.41, 5.74) is 0.713. The zero-order valence-corrected chi connectivity index (χ0v) is 11.2. The van der Waals surface area contributed by atoms with Gasteiger partial charge in [0.2, 0.25) is 5.91 Å². The lowest BCUT2D eigenvalue weighted by atomic mass is 10.3. The standard InChI is InChI=1S/C13H13ClN2OS/c14-10-3-1-4-11(7-10)16-13(17)9-15-8-12-5-2-6-18-12/h1-7,15H,8-9H2,(H,16,17). The van der Waals surface area contributed by atoms with Crippen molar-refractivity contribution in [2.24, 2.45) is 0 Å². The van der Waals surface area contributed by atoms with E-state index in [-0.39, 0.29) is 12.5 Å². The molecule has 0 fully saturated rings. The molecule has 1 heterocycles. The number of hydrogen-bond acceptors (Lipinski definition) is 3. The second-order valence-corrected chi connectivity index (χ2v) is 5.21. The van der Waals surface area contributed by atoms with Gasteiger partial charge in [-0.05, 0) is 29.6 Å². The van der Waals surface area contributed by atoms with Crippen molar-refractivity contribution < 1.29 is 4.79 Å². The Balaban J connectivity index is 1.75. The Morgan fingerprint density at radius 2 is 2.17 bits per heavy atom. The third-order valence-electron chi connectivity index (χ3n) is 2.27. The third-order valence-corrected chi connectivity index (χ3v) is 3.38. The summed E-state index contributed by atoms with van der Waals surface area (Å²) in [6.07, 6.45) is 0. The van der Waals surface area contributed by atoms with E-state index in [0.29, 0.717) is 17.3 Å². The largest absolute Gasteiger partial charge is 0.325 e. The topological polar surface area (TPSA) is 41.1 Å². The SMILES string of the molecule is O=C(CNCc1cccs1)Nc1cccc(Cl)c1. The molecule has 0 spiro atoms. The van der Waals surface area contributed by atoms with Gasteiger partial charge in [0.25, 0.3) is 0 Å². The molecule has 18 heavy (non-hydrogen) atoms. The maximum Gasteiger partial charge on any atom is 0.238 e. The van der Waals surface area contributed by atoms with Crippen molar-refractivity contribution in [1.29, 1.82) is 0 Å². The Labute approximate surface area is 115 Å². The van der Waals surface area contributed by atoms with E-state index in [0.717, 1.165) is 0 Å². The number of carbonyl (C=O) groups is 1. The average molecular weight is 281 g/mol. The highest BCUT2D eigenvalue weighted by atomic mass is 35.5. The zero-order valence-electron chi connectivity index (χ0n) is 9.65. The van der Waals surface area contributed by atoms with Gasteiger partial charge in [-0.15, -0.1) is 11.3 Å². The summed E-state index contributed by atoms with van der Waals surface area (Å²) < 4.78 is 0. The van der Waals surface area contributed by atoms with Gasteiger partial charge in [-0.2, -0.15) is 0 Å². The number of benzene rings is 1. The normalized spacial score (nSPS) is 10.3. The predicted molar refractivity (Wildman–Crippen MR) is 76.1 cm³/mol. The first-order valence-corrected chi connectivity index (χ1v) is 6.78. The van der Waals surface area contributed by atoms with Crippen LogP contribution in [0.1, 0.15) is 4.88 Å². The van der Waals surface area contributed by atoms with E-state index in [4.69, 9.17) is 11.6 Å². The number of halogens is 1. The summed E-state index contributed by atoms with van der Waals surface area (Å²) >= 11 is 7.50. The second-order valence-electron chi connectivity index (χ2n) is 3.74. The van der Waals surface area contributed by atoms with Gasteiger partial charge in [0.1, 0.15) is 0 Å². The van der Waals surface area contributed by atoms with Crippen LogP contribution in [0.25, 0.3) is 0 Å². The third kappa shape index (κ3) is 4.14. The molecule has 5 heteroatoms. The molecular formula is C13H13ClN2OS. The molecule has 94 valence electrons. The first-order chi connectivity index (χ1) is 8.74. The molecule has 0 atom stereocenters. The minimum Gasteiger partial charge on any atom is -0.325 e. The van der Waals surface area contributed by atoms with E-state index in [1.165, 1.54) is 4.88 Å². The summed E-state index contributed by atoms with van der Waals surface area (Å²) in [6.45, 7) is 0.991. The van der Waals surface area contributed by atoms with Crippen molar-refractivity contribution in [3.8, 4) is 0 Å². The van der Waals surface area contributed by atoms with Crippen LogP contribution in [-0.4, -0.2) is 12.5 Å². The number of carbonyl (C=O) groups excluding carboxylic acids is 1. The Kier molecular flexibility index (Phi) is 4.75. The fourth-order valence-electron chi connectivity index (χ4n) is 1.48. The molecule has 2 rings (SSSR count). The molecule has 0 saturated heterocycles. The summed E-state index contributed by atoms with van der Waals surface area (Å²) in [5.74, 6) is -0.0752. The molecule has 0 aliphatic carbocycles. The monoisotopic (exact) mass is 280 g/mol. The van der Waals surface area contributed by atoms with Crippen molar-refractivity contribution in [2.45, 2.75) is 6.54 Å². The maximum atomic E-state index is 11.6. The number of amides is 1. The Bertz CT molecular complexity index is 513. The van der Waals surface area contributed by atoms with Crippen molar-refractivity contribution in [2.75, 3.05) is 11.9 Å². The molecule has 3 nitrogen and oxygen atoms in total. The van der Waals surface area contributed by atoms with Gasteiger partial charge in [-0.25, -0.2) is 0 Å².